The van der Waals surface area contributed by atoms with Gasteiger partial charge >= 0.3 is 0 Å². The smallest absolute Gasteiger partial charge is 0.269 e. The largest absolute Gasteiger partial charge is 0.368 e. The highest BCUT2D eigenvalue weighted by molar-refractivity contribution is 5.53. The summed E-state index contributed by atoms with van der Waals surface area (Å²) >= 11 is 0. The molecule has 2 aromatic rings. The molecule has 1 fully saturated rings. The molecule has 1 aromatic heterocycles. The van der Waals surface area contributed by atoms with Crippen LogP contribution in [0.15, 0.2) is 42.6 Å². The van der Waals surface area contributed by atoms with Crippen LogP contribution in [-0.2, 0) is 0 Å². The van der Waals surface area contributed by atoms with Gasteiger partial charge in [0, 0.05) is 44.0 Å². The van der Waals surface area contributed by atoms with Gasteiger partial charge in [0.2, 0.25) is 0 Å². The molecule has 1 aliphatic rings. The van der Waals surface area contributed by atoms with Gasteiger partial charge in [0.15, 0.2) is 0 Å². The second-order valence-corrected chi connectivity index (χ2v) is 5.26. The lowest BCUT2D eigenvalue weighted by Gasteiger charge is -2.37. The number of non-ortho nitro benzene ring substituents is 1. The maximum Gasteiger partial charge on any atom is 0.269 e. The Kier molecular flexibility index (Phi) is 4.06. The molecule has 0 amide bonds. The molecule has 0 N–H and O–H groups in total. The van der Waals surface area contributed by atoms with E-state index >= 15 is 0 Å². The summed E-state index contributed by atoms with van der Waals surface area (Å²) in [5.74, 6) is 0. The standard InChI is InChI=1S/C16H15N5O2/c17-11-13-1-2-16(12-18-13)20-9-7-19(8-10-20)14-3-5-15(6-4-14)21(22)23/h1-6,12H,7-10H2. The highest BCUT2D eigenvalue weighted by atomic mass is 16.6. The minimum Gasteiger partial charge on any atom is -0.368 e. The van der Waals surface area contributed by atoms with Crippen molar-refractivity contribution < 1.29 is 4.92 Å². The van der Waals surface area contributed by atoms with Crippen LogP contribution in [0.1, 0.15) is 5.69 Å². The molecule has 116 valence electrons. The van der Waals surface area contributed by atoms with Crippen molar-refractivity contribution in [1.82, 2.24) is 4.98 Å². The first kappa shape index (κ1) is 14.8. The van der Waals surface area contributed by atoms with Gasteiger partial charge < -0.3 is 9.80 Å². The quantitative estimate of drug-likeness (QED) is 0.638. The SMILES string of the molecule is N#Cc1ccc(N2CCN(c3ccc([N+](=O)[O-])cc3)CC2)cn1. The van der Waals surface area contributed by atoms with Gasteiger partial charge in [0.25, 0.3) is 5.69 Å². The first-order valence-electron chi connectivity index (χ1n) is 7.28. The summed E-state index contributed by atoms with van der Waals surface area (Å²) < 4.78 is 0. The molecular weight excluding hydrogens is 294 g/mol. The maximum atomic E-state index is 10.7. The molecule has 0 unspecified atom stereocenters. The van der Waals surface area contributed by atoms with Crippen LogP contribution in [0.3, 0.4) is 0 Å². The number of anilines is 2. The van der Waals surface area contributed by atoms with E-state index in [0.717, 1.165) is 37.6 Å². The molecule has 1 aromatic carbocycles. The number of hydrogen-bond donors (Lipinski definition) is 0. The molecule has 7 nitrogen and oxygen atoms in total. The van der Waals surface area contributed by atoms with E-state index in [4.69, 9.17) is 5.26 Å². The van der Waals surface area contributed by atoms with Crippen LogP contribution in [0, 0.1) is 21.4 Å². The molecular formula is C16H15N5O2. The summed E-state index contributed by atoms with van der Waals surface area (Å²) in [6.07, 6.45) is 1.72. The van der Waals surface area contributed by atoms with E-state index in [0.29, 0.717) is 5.69 Å². The van der Waals surface area contributed by atoms with Crippen LogP contribution in [0.5, 0.6) is 0 Å². The number of nitriles is 1. The Morgan fingerprint density at radius 2 is 1.57 bits per heavy atom. The zero-order chi connectivity index (χ0) is 16.2. The maximum absolute atomic E-state index is 10.7. The van der Waals surface area contributed by atoms with Crippen LogP contribution < -0.4 is 9.80 Å². The number of piperazine rings is 1. The Morgan fingerprint density at radius 1 is 1.00 bits per heavy atom. The summed E-state index contributed by atoms with van der Waals surface area (Å²) in [6.45, 7) is 3.34. The third-order valence-corrected chi connectivity index (χ3v) is 3.93. The molecule has 7 heteroatoms. The monoisotopic (exact) mass is 309 g/mol. The predicted molar refractivity (Wildman–Crippen MR) is 86.5 cm³/mol. The van der Waals surface area contributed by atoms with Crippen LogP contribution in [0.2, 0.25) is 0 Å². The average molecular weight is 309 g/mol. The minimum atomic E-state index is -0.389. The Bertz CT molecular complexity index is 729. The lowest BCUT2D eigenvalue weighted by molar-refractivity contribution is -0.384. The van der Waals surface area contributed by atoms with Gasteiger partial charge in [-0.15, -0.1) is 0 Å². The predicted octanol–water partition coefficient (Wildman–Crippen LogP) is 2.19. The Labute approximate surface area is 133 Å². The van der Waals surface area contributed by atoms with Crippen molar-refractivity contribution >= 4 is 17.1 Å². The van der Waals surface area contributed by atoms with Crippen LogP contribution in [0.25, 0.3) is 0 Å². The van der Waals surface area contributed by atoms with E-state index in [1.807, 2.05) is 12.1 Å². The van der Waals surface area contributed by atoms with Gasteiger partial charge in [-0.25, -0.2) is 4.98 Å². The van der Waals surface area contributed by atoms with Crippen LogP contribution in [0.4, 0.5) is 17.1 Å². The summed E-state index contributed by atoms with van der Waals surface area (Å²) in [5.41, 5.74) is 2.52. The zero-order valence-corrected chi connectivity index (χ0v) is 12.4. The van der Waals surface area contributed by atoms with Crippen molar-refractivity contribution in [3.8, 4) is 6.07 Å². The van der Waals surface area contributed by atoms with E-state index in [2.05, 4.69) is 14.8 Å². The minimum absolute atomic E-state index is 0.107. The van der Waals surface area contributed by atoms with Gasteiger partial charge in [-0.05, 0) is 24.3 Å². The fraction of sp³-hybridized carbons (Fsp3) is 0.250. The van der Waals surface area contributed by atoms with Crippen molar-refractivity contribution in [2.24, 2.45) is 0 Å². The number of rotatable bonds is 3. The summed E-state index contributed by atoms with van der Waals surface area (Å²) in [5, 5.41) is 19.5. The summed E-state index contributed by atoms with van der Waals surface area (Å²) in [6, 6.07) is 12.3. The van der Waals surface area contributed by atoms with E-state index in [-0.39, 0.29) is 10.6 Å². The molecule has 0 spiro atoms. The van der Waals surface area contributed by atoms with E-state index < -0.39 is 0 Å². The summed E-state index contributed by atoms with van der Waals surface area (Å²) in [7, 11) is 0. The second-order valence-electron chi connectivity index (χ2n) is 5.26. The topological polar surface area (TPSA) is 86.3 Å². The van der Waals surface area contributed by atoms with Crippen LogP contribution >= 0.6 is 0 Å². The lowest BCUT2D eigenvalue weighted by Crippen LogP contribution is -2.46. The molecule has 1 aliphatic heterocycles. The molecule has 2 heterocycles. The molecule has 0 bridgehead atoms. The van der Waals surface area contributed by atoms with Crippen molar-refractivity contribution in [3.05, 3.63) is 58.4 Å². The summed E-state index contributed by atoms with van der Waals surface area (Å²) in [4.78, 5) is 18.8. The van der Waals surface area contributed by atoms with Gasteiger partial charge in [-0.2, -0.15) is 5.26 Å². The van der Waals surface area contributed by atoms with E-state index in [9.17, 15) is 10.1 Å². The normalized spacial score (nSPS) is 14.4. The first-order chi connectivity index (χ1) is 11.2. The highest BCUT2D eigenvalue weighted by Gasteiger charge is 2.18. The van der Waals surface area contributed by atoms with Gasteiger partial charge in [-0.1, -0.05) is 0 Å². The van der Waals surface area contributed by atoms with E-state index in [1.54, 1.807) is 24.4 Å². The fourth-order valence-corrected chi connectivity index (χ4v) is 2.65. The Morgan fingerprint density at radius 3 is 2.04 bits per heavy atom. The van der Waals surface area contributed by atoms with Gasteiger partial charge in [0.1, 0.15) is 11.8 Å². The number of hydrogen-bond acceptors (Lipinski definition) is 6. The van der Waals surface area contributed by atoms with Crippen molar-refractivity contribution in [1.29, 1.82) is 5.26 Å². The molecule has 0 aliphatic carbocycles. The van der Waals surface area contributed by atoms with Crippen molar-refractivity contribution in [3.63, 3.8) is 0 Å². The molecule has 0 atom stereocenters. The fourth-order valence-electron chi connectivity index (χ4n) is 2.65. The zero-order valence-electron chi connectivity index (χ0n) is 12.4. The van der Waals surface area contributed by atoms with Crippen LogP contribution in [-0.4, -0.2) is 36.1 Å². The van der Waals surface area contributed by atoms with E-state index in [1.165, 1.54) is 12.1 Å². The molecule has 1 saturated heterocycles. The Hall–Kier alpha value is -3.14. The first-order valence-corrected chi connectivity index (χ1v) is 7.28. The number of nitro benzene ring substituents is 1. The Balaban J connectivity index is 1.63. The third-order valence-electron chi connectivity index (χ3n) is 3.93. The number of nitrogens with zero attached hydrogens (tertiary/aromatic N) is 5. The highest BCUT2D eigenvalue weighted by Crippen LogP contribution is 2.22. The van der Waals surface area contributed by atoms with Gasteiger partial charge in [0.05, 0.1) is 16.8 Å². The molecule has 23 heavy (non-hydrogen) atoms. The number of pyridine rings is 1. The molecule has 0 saturated carbocycles. The average Bonchev–Trinajstić information content (AvgIpc) is 2.62. The third kappa shape index (κ3) is 3.21. The van der Waals surface area contributed by atoms with Crippen molar-refractivity contribution in [2.75, 3.05) is 36.0 Å². The number of benzene rings is 1. The molecule has 0 radical (unpaired) electrons. The molecule has 3 rings (SSSR count). The van der Waals surface area contributed by atoms with Crippen molar-refractivity contribution in [2.45, 2.75) is 0 Å². The lowest BCUT2D eigenvalue weighted by atomic mass is 10.2. The second kappa shape index (κ2) is 6.32. The number of aromatic nitrogens is 1. The number of nitro groups is 1. The van der Waals surface area contributed by atoms with Gasteiger partial charge in [-0.3, -0.25) is 10.1 Å².